The van der Waals surface area contributed by atoms with Crippen LogP contribution in [0.2, 0.25) is 0 Å². The third-order valence-corrected chi connectivity index (χ3v) is 9.36. The predicted molar refractivity (Wildman–Crippen MR) is 184 cm³/mol. The van der Waals surface area contributed by atoms with E-state index in [-0.39, 0.29) is 22.3 Å². The molecule has 0 bridgehead atoms. The zero-order valence-corrected chi connectivity index (χ0v) is 28.5. The van der Waals surface area contributed by atoms with Gasteiger partial charge in [-0.15, -0.1) is 0 Å². The van der Waals surface area contributed by atoms with Crippen molar-refractivity contribution in [1.82, 2.24) is 19.5 Å². The zero-order valence-electron chi connectivity index (χ0n) is 27.7. The second-order valence-corrected chi connectivity index (χ2v) is 13.3. The molecule has 4 rings (SSSR count). The number of aryl methyl sites for hydroxylation is 2. The van der Waals surface area contributed by atoms with Crippen molar-refractivity contribution in [2.75, 3.05) is 27.7 Å². The van der Waals surface area contributed by atoms with Crippen LogP contribution in [-0.2, 0) is 32.6 Å². The van der Waals surface area contributed by atoms with E-state index < -0.39 is 15.9 Å². The minimum Gasteiger partial charge on any atom is -0.496 e. The predicted octanol–water partition coefficient (Wildman–Crippen LogP) is 5.08. The average molecular weight is 659 g/mol. The molecular weight excluding hydrogens is 616 g/mol. The molecule has 11 heteroatoms. The fraction of sp³-hybridized carbons (Fsp3) is 0.306. The molecule has 0 fully saturated rings. The lowest BCUT2D eigenvalue weighted by Gasteiger charge is -2.12. The molecule has 3 amide bonds. The first-order valence-corrected chi connectivity index (χ1v) is 16.9. The van der Waals surface area contributed by atoms with Gasteiger partial charge in [0.15, 0.2) is 0 Å². The molecule has 0 radical (unpaired) electrons. The number of sulfonamides is 1. The first-order valence-electron chi connectivity index (χ1n) is 15.4. The number of benzene rings is 3. The fourth-order valence-electron chi connectivity index (χ4n) is 5.27. The lowest BCUT2D eigenvalue weighted by Crippen LogP contribution is -2.31. The maximum Gasteiger partial charge on any atom is 0.265 e. The van der Waals surface area contributed by atoms with Crippen molar-refractivity contribution in [2.24, 2.45) is 0 Å². The second-order valence-electron chi connectivity index (χ2n) is 11.6. The lowest BCUT2D eigenvalue weighted by molar-refractivity contribution is -0.128. The molecule has 1 aromatic heterocycles. The Hall–Kier alpha value is -4.90. The van der Waals surface area contributed by atoms with E-state index >= 15 is 0 Å². The molecular formula is C36H42N4O6S. The summed E-state index contributed by atoms with van der Waals surface area (Å²) in [5.41, 5.74) is 4.79. The van der Waals surface area contributed by atoms with Crippen LogP contribution in [0.15, 0.2) is 77.3 Å². The molecule has 0 saturated carbocycles. The topological polar surface area (TPSA) is 127 Å². The van der Waals surface area contributed by atoms with Crippen LogP contribution in [0.1, 0.15) is 59.3 Å². The summed E-state index contributed by atoms with van der Waals surface area (Å²) >= 11 is 0. The van der Waals surface area contributed by atoms with E-state index in [2.05, 4.69) is 10.0 Å². The van der Waals surface area contributed by atoms with E-state index in [1.54, 1.807) is 63.2 Å². The molecule has 10 nitrogen and oxygen atoms in total. The van der Waals surface area contributed by atoms with Crippen LogP contribution in [0.4, 0.5) is 0 Å². The van der Waals surface area contributed by atoms with Gasteiger partial charge in [-0.1, -0.05) is 37.3 Å². The van der Waals surface area contributed by atoms with Gasteiger partial charge in [0.05, 0.1) is 12.0 Å². The molecule has 248 valence electrons. The van der Waals surface area contributed by atoms with Gasteiger partial charge in [-0.05, 0) is 78.9 Å². The van der Waals surface area contributed by atoms with Crippen LogP contribution in [0.25, 0.3) is 17.0 Å². The molecule has 0 saturated heterocycles. The average Bonchev–Trinajstić information content (AvgIpc) is 3.38. The largest absolute Gasteiger partial charge is 0.496 e. The highest BCUT2D eigenvalue weighted by atomic mass is 32.2. The normalized spacial score (nSPS) is 11.7. The standard InChI is InChI=1S/C36H42N4O6S/c1-7-17-37-35(42)25(3)19-26-12-15-31-30(20-26)29(23-40(31)18-16-34(41)39(4)5)21-27-13-14-28(22-32(27)46-6)36(43)38-47(44,45)33-11-9-8-10-24(33)2/h8-15,19-20,22-23H,7,16-18,21H2,1-6H3,(H,37,42)(H,38,43)/b25-19+. The van der Waals surface area contributed by atoms with E-state index in [9.17, 15) is 22.8 Å². The number of hydrogen-bond acceptors (Lipinski definition) is 6. The number of carbonyl (C=O) groups excluding carboxylic acids is 3. The van der Waals surface area contributed by atoms with Gasteiger partial charge in [0.1, 0.15) is 5.75 Å². The van der Waals surface area contributed by atoms with Gasteiger partial charge < -0.3 is 19.5 Å². The quantitative estimate of drug-likeness (QED) is 0.193. The Labute approximate surface area is 276 Å². The molecule has 0 atom stereocenters. The van der Waals surface area contributed by atoms with Crippen LogP contribution in [0.3, 0.4) is 0 Å². The summed E-state index contributed by atoms with van der Waals surface area (Å²) in [6.07, 6.45) is 5.46. The van der Waals surface area contributed by atoms with Crippen molar-refractivity contribution in [3.8, 4) is 5.75 Å². The molecule has 0 spiro atoms. The third-order valence-electron chi connectivity index (χ3n) is 7.87. The Morgan fingerprint density at radius 1 is 1.00 bits per heavy atom. The second kappa shape index (κ2) is 15.1. The number of fused-ring (bicyclic) bond motifs is 1. The van der Waals surface area contributed by atoms with E-state index in [1.807, 2.05) is 42.0 Å². The van der Waals surface area contributed by atoms with Crippen LogP contribution in [0, 0.1) is 6.92 Å². The Bertz CT molecular complexity index is 1940. The SMILES string of the molecule is CCCNC(=O)/C(C)=C/c1ccc2c(c1)c(Cc1ccc(C(=O)NS(=O)(=O)c3ccccc3C)cc1OC)cn2CCC(=O)N(C)C. The zero-order chi connectivity index (χ0) is 34.3. The van der Waals surface area contributed by atoms with Gasteiger partial charge in [-0.3, -0.25) is 14.4 Å². The molecule has 0 unspecified atom stereocenters. The van der Waals surface area contributed by atoms with E-state index in [1.165, 1.54) is 19.2 Å². The third kappa shape index (κ3) is 8.48. The number of nitrogens with zero attached hydrogens (tertiary/aromatic N) is 2. The Morgan fingerprint density at radius 2 is 1.74 bits per heavy atom. The first kappa shape index (κ1) is 35.0. The van der Waals surface area contributed by atoms with Gasteiger partial charge in [0.2, 0.25) is 11.8 Å². The number of ether oxygens (including phenoxy) is 1. The van der Waals surface area contributed by atoms with Gasteiger partial charge in [0, 0.05) is 68.3 Å². The number of rotatable bonds is 13. The number of amides is 3. The highest BCUT2D eigenvalue weighted by molar-refractivity contribution is 7.90. The highest BCUT2D eigenvalue weighted by Crippen LogP contribution is 2.30. The maximum atomic E-state index is 13.1. The Kier molecular flexibility index (Phi) is 11.3. The molecule has 2 N–H and O–H groups in total. The molecule has 0 aliphatic rings. The molecule has 0 aliphatic carbocycles. The number of aromatic nitrogens is 1. The summed E-state index contributed by atoms with van der Waals surface area (Å²) in [7, 11) is 0.877. The van der Waals surface area contributed by atoms with Crippen LogP contribution in [-0.4, -0.2) is 63.4 Å². The van der Waals surface area contributed by atoms with Crippen molar-refractivity contribution in [3.63, 3.8) is 0 Å². The Morgan fingerprint density at radius 3 is 2.43 bits per heavy atom. The summed E-state index contributed by atoms with van der Waals surface area (Å²) in [5, 5.41) is 3.85. The van der Waals surface area contributed by atoms with Crippen molar-refractivity contribution >= 4 is 44.7 Å². The van der Waals surface area contributed by atoms with Gasteiger partial charge in [-0.25, -0.2) is 13.1 Å². The van der Waals surface area contributed by atoms with Gasteiger partial charge in [0.25, 0.3) is 15.9 Å². The lowest BCUT2D eigenvalue weighted by atomic mass is 10.00. The van der Waals surface area contributed by atoms with Gasteiger partial charge >= 0.3 is 0 Å². The fourth-order valence-corrected chi connectivity index (χ4v) is 6.49. The molecule has 47 heavy (non-hydrogen) atoms. The highest BCUT2D eigenvalue weighted by Gasteiger charge is 2.22. The molecule has 0 aliphatic heterocycles. The summed E-state index contributed by atoms with van der Waals surface area (Å²) in [4.78, 5) is 39.6. The van der Waals surface area contributed by atoms with Crippen molar-refractivity contribution in [2.45, 2.75) is 51.5 Å². The Balaban J connectivity index is 1.67. The summed E-state index contributed by atoms with van der Waals surface area (Å²) < 4.78 is 35.7. The van der Waals surface area contributed by atoms with Gasteiger partial charge in [-0.2, -0.15) is 0 Å². The number of hydrogen-bond donors (Lipinski definition) is 2. The summed E-state index contributed by atoms with van der Waals surface area (Å²) in [6, 6.07) is 17.3. The van der Waals surface area contributed by atoms with Crippen molar-refractivity contribution in [3.05, 3.63) is 100 Å². The number of methoxy groups -OCH3 is 1. The van der Waals surface area contributed by atoms with Crippen LogP contribution in [0.5, 0.6) is 5.75 Å². The van der Waals surface area contributed by atoms with Crippen molar-refractivity contribution in [1.29, 1.82) is 0 Å². The summed E-state index contributed by atoms with van der Waals surface area (Å²) in [6.45, 7) is 6.53. The van der Waals surface area contributed by atoms with Crippen LogP contribution < -0.4 is 14.8 Å². The monoisotopic (exact) mass is 658 g/mol. The van der Waals surface area contributed by atoms with Crippen molar-refractivity contribution < 1.29 is 27.5 Å². The maximum absolute atomic E-state index is 13.1. The van der Waals surface area contributed by atoms with Crippen LogP contribution >= 0.6 is 0 Å². The number of carbonyl (C=O) groups is 3. The minimum absolute atomic E-state index is 0.0154. The van der Waals surface area contributed by atoms with E-state index in [4.69, 9.17) is 4.74 Å². The molecule has 4 aromatic rings. The summed E-state index contributed by atoms with van der Waals surface area (Å²) in [5.74, 6) is -0.446. The first-order chi connectivity index (χ1) is 22.3. The smallest absolute Gasteiger partial charge is 0.265 e. The van der Waals surface area contributed by atoms with E-state index in [0.29, 0.717) is 42.8 Å². The minimum atomic E-state index is -4.08. The molecule has 1 heterocycles. The molecule has 3 aromatic carbocycles. The number of nitrogens with one attached hydrogen (secondary N) is 2. The van der Waals surface area contributed by atoms with E-state index in [0.717, 1.165) is 34.0 Å².